The van der Waals surface area contributed by atoms with Crippen LogP contribution in [0.25, 0.3) is 0 Å². The largest absolute Gasteiger partial charge is 0.482 e. The molecule has 32 heavy (non-hydrogen) atoms. The Morgan fingerprint density at radius 2 is 1.81 bits per heavy atom. The van der Waals surface area contributed by atoms with Crippen LogP contribution in [0.5, 0.6) is 5.75 Å². The predicted octanol–water partition coefficient (Wildman–Crippen LogP) is 3.65. The Morgan fingerprint density at radius 1 is 1.09 bits per heavy atom. The first kappa shape index (κ1) is 23.7. The molecule has 2 atom stereocenters. The lowest BCUT2D eigenvalue weighted by Crippen LogP contribution is -2.57. The fourth-order valence-electron chi connectivity index (χ4n) is 4.12. The number of hydrogen-bond donors (Lipinski definition) is 1. The molecule has 1 N–H and O–H groups in total. The van der Waals surface area contributed by atoms with Crippen molar-refractivity contribution in [3.05, 3.63) is 65.0 Å². The molecular formula is C25H31FN2O4. The number of rotatable bonds is 8. The number of ether oxygens (including phenoxy) is 1. The third-order valence-electron chi connectivity index (χ3n) is 5.92. The lowest BCUT2D eigenvalue weighted by atomic mass is 10.0. The summed E-state index contributed by atoms with van der Waals surface area (Å²) in [6.07, 6.45) is 0.826. The van der Waals surface area contributed by atoms with Gasteiger partial charge in [0.1, 0.15) is 11.6 Å². The molecule has 2 aromatic carbocycles. The number of hydrogen-bond acceptors (Lipinski definition) is 4. The smallest absolute Gasteiger partial charge is 0.341 e. The van der Waals surface area contributed by atoms with E-state index in [4.69, 9.17) is 9.84 Å². The van der Waals surface area contributed by atoms with E-state index in [0.717, 1.165) is 29.8 Å². The number of piperazine rings is 1. The first-order valence-electron chi connectivity index (χ1n) is 10.9. The van der Waals surface area contributed by atoms with Crippen molar-refractivity contribution >= 4 is 11.9 Å². The first-order valence-corrected chi connectivity index (χ1v) is 10.9. The third-order valence-corrected chi connectivity index (χ3v) is 5.92. The summed E-state index contributed by atoms with van der Waals surface area (Å²) >= 11 is 0. The van der Waals surface area contributed by atoms with Crippen molar-refractivity contribution in [3.8, 4) is 5.75 Å². The summed E-state index contributed by atoms with van der Waals surface area (Å²) in [7, 11) is 0. The molecule has 1 aliphatic rings. The standard InChI is InChI=1S/C25H31FN2O4/c1-17-4-7-21(23(12-17)32-16-25(30)31)8-11-24(29)28-14-18(2)27(13-19(28)3)15-20-5-9-22(26)10-6-20/h4-7,9-10,12,18-19H,8,11,13-16H2,1-3H3,(H,30,31)/t18-,19+/m0/s1. The van der Waals surface area contributed by atoms with Crippen LogP contribution < -0.4 is 4.74 Å². The number of aryl methyl sites for hydroxylation is 2. The third kappa shape index (κ3) is 6.29. The van der Waals surface area contributed by atoms with Gasteiger partial charge < -0.3 is 14.7 Å². The minimum absolute atomic E-state index is 0.0693. The van der Waals surface area contributed by atoms with Gasteiger partial charge in [-0.1, -0.05) is 24.3 Å². The van der Waals surface area contributed by atoms with Crippen molar-refractivity contribution in [2.75, 3.05) is 19.7 Å². The summed E-state index contributed by atoms with van der Waals surface area (Å²) < 4.78 is 18.6. The molecule has 6 nitrogen and oxygen atoms in total. The van der Waals surface area contributed by atoms with Gasteiger partial charge in [0.05, 0.1) is 0 Å². The summed E-state index contributed by atoms with van der Waals surface area (Å²) in [6, 6.07) is 12.5. The summed E-state index contributed by atoms with van der Waals surface area (Å²) in [5.41, 5.74) is 2.86. The molecular weight excluding hydrogens is 411 g/mol. The van der Waals surface area contributed by atoms with Crippen molar-refractivity contribution in [3.63, 3.8) is 0 Å². The molecule has 1 amide bonds. The molecule has 0 aromatic heterocycles. The SMILES string of the molecule is Cc1ccc(CCC(=O)N2C[C@H](C)N(Cc3ccc(F)cc3)C[C@H]2C)c(OCC(=O)O)c1. The number of amides is 1. The maximum absolute atomic E-state index is 13.2. The van der Waals surface area contributed by atoms with E-state index in [-0.39, 0.29) is 23.8 Å². The van der Waals surface area contributed by atoms with Crippen LogP contribution in [0.2, 0.25) is 0 Å². The Hall–Kier alpha value is -2.93. The Labute approximate surface area is 188 Å². The van der Waals surface area contributed by atoms with Gasteiger partial charge in [-0.25, -0.2) is 9.18 Å². The van der Waals surface area contributed by atoms with Crippen LogP contribution in [0.1, 0.15) is 37.0 Å². The molecule has 0 radical (unpaired) electrons. The lowest BCUT2D eigenvalue weighted by molar-refractivity contribution is -0.139. The van der Waals surface area contributed by atoms with E-state index in [2.05, 4.69) is 18.7 Å². The number of nitrogens with zero attached hydrogens (tertiary/aromatic N) is 2. The van der Waals surface area contributed by atoms with Crippen molar-refractivity contribution in [1.82, 2.24) is 9.80 Å². The zero-order valence-corrected chi connectivity index (χ0v) is 18.9. The summed E-state index contributed by atoms with van der Waals surface area (Å²) in [5.74, 6) is -0.674. The highest BCUT2D eigenvalue weighted by Gasteiger charge is 2.31. The minimum atomic E-state index is -1.03. The monoisotopic (exact) mass is 442 g/mol. The topological polar surface area (TPSA) is 70.1 Å². The molecule has 2 aromatic rings. The van der Waals surface area contributed by atoms with E-state index in [9.17, 15) is 14.0 Å². The Kier molecular flexibility index (Phi) is 7.85. The Bertz CT molecular complexity index is 947. The quantitative estimate of drug-likeness (QED) is 0.676. The second kappa shape index (κ2) is 10.6. The number of halogens is 1. The van der Waals surface area contributed by atoms with Crippen LogP contribution in [-0.4, -0.2) is 58.6 Å². The van der Waals surface area contributed by atoms with Gasteiger partial charge in [-0.05, 0) is 62.1 Å². The van der Waals surface area contributed by atoms with Gasteiger partial charge in [-0.15, -0.1) is 0 Å². The number of carbonyl (C=O) groups excluding carboxylic acids is 1. The van der Waals surface area contributed by atoms with Crippen molar-refractivity contribution in [2.45, 2.75) is 52.2 Å². The number of aliphatic carboxylic acids is 1. The number of carboxylic acid groups (broad SMARTS) is 1. The number of benzene rings is 2. The molecule has 0 bridgehead atoms. The molecule has 172 valence electrons. The maximum atomic E-state index is 13.2. The molecule has 1 aliphatic heterocycles. The second-order valence-electron chi connectivity index (χ2n) is 8.59. The van der Waals surface area contributed by atoms with Crippen LogP contribution in [0, 0.1) is 12.7 Å². The van der Waals surface area contributed by atoms with Crippen molar-refractivity contribution in [2.24, 2.45) is 0 Å². The summed E-state index contributed by atoms with van der Waals surface area (Å²) in [5, 5.41) is 8.90. The Morgan fingerprint density at radius 3 is 2.50 bits per heavy atom. The molecule has 0 saturated carbocycles. The Balaban J connectivity index is 1.58. The van der Waals surface area contributed by atoms with Crippen molar-refractivity contribution < 1.29 is 23.8 Å². The van der Waals surface area contributed by atoms with Crippen LogP contribution >= 0.6 is 0 Å². The lowest BCUT2D eigenvalue weighted by Gasteiger charge is -2.44. The highest BCUT2D eigenvalue weighted by molar-refractivity contribution is 5.77. The van der Waals surface area contributed by atoms with Crippen molar-refractivity contribution in [1.29, 1.82) is 0 Å². The van der Waals surface area contributed by atoms with E-state index in [1.807, 2.05) is 30.0 Å². The van der Waals surface area contributed by atoms with Gasteiger partial charge in [0.2, 0.25) is 5.91 Å². The fourth-order valence-corrected chi connectivity index (χ4v) is 4.12. The van der Waals surface area contributed by atoms with E-state index >= 15 is 0 Å². The predicted molar refractivity (Wildman–Crippen MR) is 120 cm³/mol. The molecule has 1 heterocycles. The van der Waals surface area contributed by atoms with Gasteiger partial charge in [-0.3, -0.25) is 9.69 Å². The molecule has 1 fully saturated rings. The summed E-state index contributed by atoms with van der Waals surface area (Å²) in [4.78, 5) is 28.1. The van der Waals surface area contributed by atoms with E-state index in [1.54, 1.807) is 12.1 Å². The number of carboxylic acids is 1. The van der Waals surface area contributed by atoms with Crippen LogP contribution in [0.3, 0.4) is 0 Å². The highest BCUT2D eigenvalue weighted by atomic mass is 19.1. The van der Waals surface area contributed by atoms with E-state index in [0.29, 0.717) is 25.1 Å². The maximum Gasteiger partial charge on any atom is 0.341 e. The van der Waals surface area contributed by atoms with Gasteiger partial charge in [-0.2, -0.15) is 0 Å². The van der Waals surface area contributed by atoms with Gasteiger partial charge >= 0.3 is 5.97 Å². The van der Waals surface area contributed by atoms with Gasteiger partial charge in [0.15, 0.2) is 6.61 Å². The van der Waals surface area contributed by atoms with Gasteiger partial charge in [0, 0.05) is 38.1 Å². The van der Waals surface area contributed by atoms with E-state index < -0.39 is 12.6 Å². The highest BCUT2D eigenvalue weighted by Crippen LogP contribution is 2.24. The molecule has 7 heteroatoms. The molecule has 1 saturated heterocycles. The zero-order chi connectivity index (χ0) is 23.3. The molecule has 3 rings (SSSR count). The second-order valence-corrected chi connectivity index (χ2v) is 8.59. The van der Waals surface area contributed by atoms with E-state index in [1.165, 1.54) is 12.1 Å². The fraction of sp³-hybridized carbons (Fsp3) is 0.440. The zero-order valence-electron chi connectivity index (χ0n) is 18.9. The molecule has 0 unspecified atom stereocenters. The summed E-state index contributed by atoms with van der Waals surface area (Å²) in [6.45, 7) is 7.77. The average molecular weight is 443 g/mol. The molecule has 0 aliphatic carbocycles. The van der Waals surface area contributed by atoms with Gasteiger partial charge in [0.25, 0.3) is 0 Å². The minimum Gasteiger partial charge on any atom is -0.482 e. The van der Waals surface area contributed by atoms with Crippen LogP contribution in [0.4, 0.5) is 4.39 Å². The van der Waals surface area contributed by atoms with Crippen LogP contribution in [0.15, 0.2) is 42.5 Å². The number of carbonyl (C=O) groups is 2. The van der Waals surface area contributed by atoms with Crippen LogP contribution in [-0.2, 0) is 22.6 Å². The average Bonchev–Trinajstić information content (AvgIpc) is 2.75. The first-order chi connectivity index (χ1) is 15.2. The normalized spacial score (nSPS) is 19.1. The molecule has 0 spiro atoms.